The molecule has 0 spiro atoms. The van der Waals surface area contributed by atoms with Crippen LogP contribution in [0.4, 0.5) is 5.69 Å². The van der Waals surface area contributed by atoms with Crippen molar-refractivity contribution in [2.24, 2.45) is 0 Å². The summed E-state index contributed by atoms with van der Waals surface area (Å²) in [6.07, 6.45) is 1.83. The number of amides is 1. The molecule has 0 atom stereocenters. The van der Waals surface area contributed by atoms with Gasteiger partial charge in [-0.15, -0.1) is 0 Å². The smallest absolute Gasteiger partial charge is 0.270 e. The van der Waals surface area contributed by atoms with Crippen molar-refractivity contribution in [3.05, 3.63) is 88.8 Å². The third kappa shape index (κ3) is 5.56. The van der Waals surface area contributed by atoms with Crippen molar-refractivity contribution in [1.82, 2.24) is 0 Å². The van der Waals surface area contributed by atoms with Crippen LogP contribution in [-0.2, 0) is 4.79 Å². The quantitative estimate of drug-likeness (QED) is 0.230. The fourth-order valence-corrected chi connectivity index (χ4v) is 4.55. The summed E-state index contributed by atoms with van der Waals surface area (Å²) in [7, 11) is 1.62. The fraction of sp³-hybridized carbons (Fsp3) is 0.154. The molecular weight excluding hydrogens is 454 g/mol. The first-order valence-electron chi connectivity index (χ1n) is 10.4. The molecule has 4 rings (SSSR count). The Balaban J connectivity index is 1.43. The summed E-state index contributed by atoms with van der Waals surface area (Å²) in [6, 6.07) is 22.8. The molecule has 0 unspecified atom stereocenters. The molecule has 0 radical (unpaired) electrons. The van der Waals surface area contributed by atoms with Crippen molar-refractivity contribution >= 4 is 46.0 Å². The lowest BCUT2D eigenvalue weighted by Crippen LogP contribution is -2.27. The molecule has 1 aliphatic rings. The highest BCUT2D eigenvalue weighted by atomic mass is 32.2. The van der Waals surface area contributed by atoms with Gasteiger partial charge in [-0.1, -0.05) is 65.9 Å². The van der Waals surface area contributed by atoms with Crippen LogP contribution in [0, 0.1) is 6.92 Å². The number of nitrogens with zero attached hydrogens (tertiary/aromatic N) is 1. The molecule has 1 heterocycles. The molecule has 1 amide bonds. The molecule has 5 nitrogen and oxygen atoms in total. The highest BCUT2D eigenvalue weighted by Gasteiger charge is 2.33. The average Bonchev–Trinajstić information content (AvgIpc) is 3.11. The maximum absolute atomic E-state index is 13.1. The van der Waals surface area contributed by atoms with Gasteiger partial charge in [0.15, 0.2) is 4.32 Å². The number of aryl methyl sites for hydroxylation is 1. The number of thiocarbonyl (C=S) groups is 1. The van der Waals surface area contributed by atoms with E-state index in [9.17, 15) is 4.79 Å². The molecule has 1 fully saturated rings. The number of carbonyl (C=O) groups is 1. The number of thioether (sulfide) groups is 1. The Labute approximate surface area is 203 Å². The first-order chi connectivity index (χ1) is 16.0. The van der Waals surface area contributed by atoms with E-state index in [0.717, 1.165) is 22.6 Å². The van der Waals surface area contributed by atoms with Crippen molar-refractivity contribution in [3.63, 3.8) is 0 Å². The number of anilines is 1. The van der Waals surface area contributed by atoms with Crippen LogP contribution in [0.15, 0.2) is 77.7 Å². The minimum absolute atomic E-state index is 0.134. The van der Waals surface area contributed by atoms with Crippen molar-refractivity contribution in [2.45, 2.75) is 6.92 Å². The number of hydrogen-bond donors (Lipinski definition) is 0. The van der Waals surface area contributed by atoms with Crippen molar-refractivity contribution in [3.8, 4) is 17.2 Å². The lowest BCUT2D eigenvalue weighted by atomic mass is 10.1. The SMILES string of the molecule is COc1cccc(OCCOc2ccccc2C=C2SC(=S)N(c3ccc(C)cc3)C2=O)c1. The first-order valence-corrected chi connectivity index (χ1v) is 11.6. The zero-order valence-electron chi connectivity index (χ0n) is 18.3. The van der Waals surface area contributed by atoms with Gasteiger partial charge in [0.05, 0.1) is 17.7 Å². The largest absolute Gasteiger partial charge is 0.497 e. The summed E-state index contributed by atoms with van der Waals surface area (Å²) in [5.74, 6) is 1.99. The first kappa shape index (κ1) is 22.9. The summed E-state index contributed by atoms with van der Waals surface area (Å²) in [4.78, 5) is 15.2. The van der Waals surface area contributed by atoms with E-state index >= 15 is 0 Å². The van der Waals surface area contributed by atoms with Gasteiger partial charge in [0.2, 0.25) is 0 Å². The number of benzene rings is 3. The fourth-order valence-electron chi connectivity index (χ4n) is 3.26. The summed E-state index contributed by atoms with van der Waals surface area (Å²) in [6.45, 7) is 2.73. The monoisotopic (exact) mass is 477 g/mol. The summed E-state index contributed by atoms with van der Waals surface area (Å²) in [5.41, 5.74) is 2.70. The number of ether oxygens (including phenoxy) is 3. The second kappa shape index (κ2) is 10.6. The van der Waals surface area contributed by atoms with Gasteiger partial charge >= 0.3 is 0 Å². The Hall–Kier alpha value is -3.29. The normalized spacial score (nSPS) is 14.6. The van der Waals surface area contributed by atoms with Gasteiger partial charge in [0.25, 0.3) is 5.91 Å². The maximum Gasteiger partial charge on any atom is 0.270 e. The van der Waals surface area contributed by atoms with Crippen LogP contribution in [-0.4, -0.2) is 30.6 Å². The summed E-state index contributed by atoms with van der Waals surface area (Å²) < 4.78 is 17.4. The van der Waals surface area contributed by atoms with E-state index in [1.807, 2.05) is 85.8 Å². The maximum atomic E-state index is 13.1. The van der Waals surface area contributed by atoms with E-state index in [1.165, 1.54) is 11.8 Å². The molecule has 0 aliphatic carbocycles. The Kier molecular flexibility index (Phi) is 7.32. The van der Waals surface area contributed by atoms with Gasteiger partial charge in [-0.3, -0.25) is 9.69 Å². The molecule has 1 aliphatic heterocycles. The van der Waals surface area contributed by atoms with E-state index < -0.39 is 0 Å². The number of para-hydroxylation sites is 1. The van der Waals surface area contributed by atoms with Gasteiger partial charge in [0.1, 0.15) is 30.5 Å². The van der Waals surface area contributed by atoms with Gasteiger partial charge in [-0.25, -0.2) is 0 Å². The Morgan fingerprint density at radius 3 is 2.45 bits per heavy atom. The van der Waals surface area contributed by atoms with E-state index in [-0.39, 0.29) is 5.91 Å². The van der Waals surface area contributed by atoms with Crippen LogP contribution >= 0.6 is 24.0 Å². The number of hydrogen-bond acceptors (Lipinski definition) is 6. The highest BCUT2D eigenvalue weighted by molar-refractivity contribution is 8.27. The van der Waals surface area contributed by atoms with Crippen LogP contribution in [0.25, 0.3) is 6.08 Å². The van der Waals surface area contributed by atoms with E-state index in [2.05, 4.69) is 0 Å². The molecule has 1 saturated heterocycles. The lowest BCUT2D eigenvalue weighted by molar-refractivity contribution is -0.113. The van der Waals surface area contributed by atoms with E-state index in [0.29, 0.717) is 33.9 Å². The van der Waals surface area contributed by atoms with Crippen molar-refractivity contribution in [1.29, 1.82) is 0 Å². The van der Waals surface area contributed by atoms with Gasteiger partial charge in [-0.05, 0) is 43.3 Å². The zero-order valence-corrected chi connectivity index (χ0v) is 19.9. The molecule has 0 N–H and O–H groups in total. The standard InChI is InChI=1S/C26H23NO4S2/c1-18-10-12-20(13-11-18)27-25(28)24(33-26(27)32)16-19-6-3-4-9-23(19)31-15-14-30-22-8-5-7-21(17-22)29-2/h3-13,16-17H,14-15H2,1-2H3. The minimum atomic E-state index is -0.134. The zero-order chi connectivity index (χ0) is 23.2. The van der Waals surface area contributed by atoms with Gasteiger partial charge in [0, 0.05) is 11.6 Å². The second-order valence-corrected chi connectivity index (χ2v) is 8.94. The second-order valence-electron chi connectivity index (χ2n) is 7.27. The Bertz CT molecular complexity index is 1190. The Morgan fingerprint density at radius 2 is 1.67 bits per heavy atom. The molecule has 0 bridgehead atoms. The number of methoxy groups -OCH3 is 1. The average molecular weight is 478 g/mol. The Morgan fingerprint density at radius 1 is 0.939 bits per heavy atom. The predicted molar refractivity (Wildman–Crippen MR) is 137 cm³/mol. The van der Waals surface area contributed by atoms with Crippen LogP contribution in [0.3, 0.4) is 0 Å². The molecule has 168 valence electrons. The van der Waals surface area contributed by atoms with E-state index in [1.54, 1.807) is 12.0 Å². The van der Waals surface area contributed by atoms with Gasteiger partial charge in [-0.2, -0.15) is 0 Å². The van der Waals surface area contributed by atoms with Crippen LogP contribution < -0.4 is 19.1 Å². The molecule has 0 aromatic heterocycles. The molecule has 7 heteroatoms. The van der Waals surface area contributed by atoms with Crippen LogP contribution in [0.2, 0.25) is 0 Å². The van der Waals surface area contributed by atoms with Gasteiger partial charge < -0.3 is 14.2 Å². The summed E-state index contributed by atoms with van der Waals surface area (Å²) in [5, 5.41) is 0. The highest BCUT2D eigenvalue weighted by Crippen LogP contribution is 2.37. The van der Waals surface area contributed by atoms with Crippen LogP contribution in [0.1, 0.15) is 11.1 Å². The van der Waals surface area contributed by atoms with Crippen LogP contribution in [0.5, 0.6) is 17.2 Å². The number of carbonyl (C=O) groups excluding carboxylic acids is 1. The lowest BCUT2D eigenvalue weighted by Gasteiger charge is -2.14. The molecule has 3 aromatic carbocycles. The molecular formula is C26H23NO4S2. The molecule has 0 saturated carbocycles. The third-order valence-electron chi connectivity index (χ3n) is 4.94. The molecule has 33 heavy (non-hydrogen) atoms. The van der Waals surface area contributed by atoms with E-state index in [4.69, 9.17) is 26.4 Å². The topological polar surface area (TPSA) is 48.0 Å². The molecule has 3 aromatic rings. The minimum Gasteiger partial charge on any atom is -0.497 e. The third-order valence-corrected chi connectivity index (χ3v) is 6.24. The van der Waals surface area contributed by atoms with Crippen molar-refractivity contribution < 1.29 is 19.0 Å². The van der Waals surface area contributed by atoms with Crippen molar-refractivity contribution in [2.75, 3.05) is 25.2 Å². The summed E-state index contributed by atoms with van der Waals surface area (Å²) >= 11 is 6.77. The number of rotatable bonds is 8. The predicted octanol–water partition coefficient (Wildman–Crippen LogP) is 5.87.